The van der Waals surface area contributed by atoms with Crippen LogP contribution >= 0.6 is 0 Å². The lowest BCUT2D eigenvalue weighted by Crippen LogP contribution is -2.46. The monoisotopic (exact) mass is 215 g/mol. The molecule has 4 heteroatoms. The van der Waals surface area contributed by atoms with Gasteiger partial charge in [-0.2, -0.15) is 0 Å². The van der Waals surface area contributed by atoms with Crippen LogP contribution in [0.3, 0.4) is 0 Å². The van der Waals surface area contributed by atoms with Gasteiger partial charge in [-0.25, -0.2) is 0 Å². The molecule has 0 aromatic heterocycles. The van der Waals surface area contributed by atoms with E-state index >= 15 is 0 Å². The largest absolute Gasteiger partial charge is 0.368 e. The van der Waals surface area contributed by atoms with Crippen molar-refractivity contribution in [1.82, 2.24) is 10.2 Å². The van der Waals surface area contributed by atoms with Crippen molar-refractivity contribution in [3.63, 3.8) is 0 Å². The fraction of sp³-hybridized carbons (Fsp3) is 0.909. The van der Waals surface area contributed by atoms with Gasteiger partial charge in [0.1, 0.15) is 0 Å². The lowest BCUT2D eigenvalue weighted by molar-refractivity contribution is -0.120. The molecule has 0 aliphatic heterocycles. The van der Waals surface area contributed by atoms with E-state index in [0.717, 1.165) is 13.0 Å². The van der Waals surface area contributed by atoms with Gasteiger partial charge in [0.15, 0.2) is 0 Å². The Hall–Kier alpha value is -0.610. The second-order valence-corrected chi connectivity index (χ2v) is 4.64. The van der Waals surface area contributed by atoms with Gasteiger partial charge in [0.25, 0.3) is 0 Å². The van der Waals surface area contributed by atoms with Crippen molar-refractivity contribution in [2.45, 2.75) is 52.2 Å². The number of nitrogens with one attached hydrogen (secondary N) is 1. The highest BCUT2D eigenvalue weighted by atomic mass is 16.1. The van der Waals surface area contributed by atoms with Crippen molar-refractivity contribution < 1.29 is 4.79 Å². The van der Waals surface area contributed by atoms with Gasteiger partial charge in [-0.05, 0) is 27.3 Å². The fourth-order valence-corrected chi connectivity index (χ4v) is 1.30. The maximum Gasteiger partial charge on any atom is 0.234 e. The highest BCUT2D eigenvalue weighted by Gasteiger charge is 2.16. The maximum atomic E-state index is 11.2. The number of hydrogen-bond donors (Lipinski definition) is 2. The van der Waals surface area contributed by atoms with E-state index in [2.05, 4.69) is 31.1 Å². The van der Waals surface area contributed by atoms with Gasteiger partial charge in [0.2, 0.25) is 5.91 Å². The molecule has 0 aromatic rings. The molecule has 90 valence electrons. The van der Waals surface area contributed by atoms with E-state index in [-0.39, 0.29) is 18.0 Å². The van der Waals surface area contributed by atoms with Crippen LogP contribution in [0.1, 0.15) is 34.1 Å². The molecule has 0 radical (unpaired) electrons. The molecule has 0 aromatic carbocycles. The van der Waals surface area contributed by atoms with Crippen LogP contribution in [-0.4, -0.2) is 42.5 Å². The van der Waals surface area contributed by atoms with Crippen molar-refractivity contribution in [3.8, 4) is 0 Å². The molecule has 0 saturated heterocycles. The van der Waals surface area contributed by atoms with Crippen LogP contribution in [0.2, 0.25) is 0 Å². The van der Waals surface area contributed by atoms with E-state index in [1.165, 1.54) is 0 Å². The van der Waals surface area contributed by atoms with Gasteiger partial charge in [-0.15, -0.1) is 0 Å². The van der Waals surface area contributed by atoms with Crippen LogP contribution in [0.4, 0.5) is 0 Å². The predicted octanol–water partition coefficient (Wildman–Crippen LogP) is 0.569. The second-order valence-electron chi connectivity index (χ2n) is 4.64. The molecule has 1 unspecified atom stereocenters. The zero-order chi connectivity index (χ0) is 12.0. The Labute approximate surface area is 93.2 Å². The Kier molecular flexibility index (Phi) is 6.52. The highest BCUT2D eigenvalue weighted by Crippen LogP contribution is 2.00. The van der Waals surface area contributed by atoms with Crippen molar-refractivity contribution in [3.05, 3.63) is 0 Å². The fourth-order valence-electron chi connectivity index (χ4n) is 1.30. The first-order valence-corrected chi connectivity index (χ1v) is 5.60. The third-order valence-electron chi connectivity index (χ3n) is 2.53. The average Bonchev–Trinajstić information content (AvgIpc) is 2.10. The summed E-state index contributed by atoms with van der Waals surface area (Å²) < 4.78 is 0. The highest BCUT2D eigenvalue weighted by molar-refractivity contribution is 5.79. The molecule has 0 heterocycles. The lowest BCUT2D eigenvalue weighted by atomic mass is 10.1. The quantitative estimate of drug-likeness (QED) is 0.653. The number of carbonyl (C=O) groups is 1. The number of nitrogens with zero attached hydrogens (tertiary/aromatic N) is 1. The zero-order valence-electron chi connectivity index (χ0n) is 10.6. The lowest BCUT2D eigenvalue weighted by Gasteiger charge is -2.24. The number of amides is 1. The van der Waals surface area contributed by atoms with Crippen molar-refractivity contribution >= 4 is 5.91 Å². The Morgan fingerprint density at radius 3 is 2.20 bits per heavy atom. The molecule has 1 atom stereocenters. The van der Waals surface area contributed by atoms with E-state index in [9.17, 15) is 4.79 Å². The molecule has 3 N–H and O–H groups in total. The van der Waals surface area contributed by atoms with Gasteiger partial charge < -0.3 is 16.0 Å². The van der Waals surface area contributed by atoms with Crippen molar-refractivity contribution in [1.29, 1.82) is 0 Å². The summed E-state index contributed by atoms with van der Waals surface area (Å²) in [5.41, 5.74) is 5.33. The Morgan fingerprint density at radius 1 is 1.33 bits per heavy atom. The van der Waals surface area contributed by atoms with Crippen LogP contribution in [0.5, 0.6) is 0 Å². The minimum atomic E-state index is -0.263. The molecule has 1 amide bonds. The first-order chi connectivity index (χ1) is 6.84. The summed E-state index contributed by atoms with van der Waals surface area (Å²) in [6.07, 6.45) is 0.766. The number of hydrogen-bond acceptors (Lipinski definition) is 3. The number of primary amides is 1. The molecular weight excluding hydrogens is 190 g/mol. The Bertz CT molecular complexity index is 192. The van der Waals surface area contributed by atoms with Gasteiger partial charge in [-0.3, -0.25) is 4.79 Å². The van der Waals surface area contributed by atoms with E-state index in [1.807, 2.05) is 13.8 Å². The van der Waals surface area contributed by atoms with Crippen molar-refractivity contribution in [2.75, 3.05) is 13.6 Å². The number of carbonyl (C=O) groups excluding carboxylic acids is 1. The van der Waals surface area contributed by atoms with E-state index in [4.69, 9.17) is 5.73 Å². The zero-order valence-corrected chi connectivity index (χ0v) is 10.6. The SMILES string of the molecule is CC(C)NC(CCN(C)C(C)C)C(N)=O. The molecule has 0 spiro atoms. The van der Waals surface area contributed by atoms with Crippen LogP contribution in [0, 0.1) is 0 Å². The van der Waals surface area contributed by atoms with Gasteiger partial charge in [0.05, 0.1) is 6.04 Å². The molecule has 0 rings (SSSR count). The number of rotatable bonds is 7. The van der Waals surface area contributed by atoms with E-state index in [1.54, 1.807) is 0 Å². The standard InChI is InChI=1S/C11H25N3O/c1-8(2)13-10(11(12)15)6-7-14(5)9(3)4/h8-10,13H,6-7H2,1-5H3,(H2,12,15). The Balaban J connectivity index is 4.02. The van der Waals surface area contributed by atoms with Crippen molar-refractivity contribution in [2.24, 2.45) is 5.73 Å². The van der Waals surface area contributed by atoms with Crippen LogP contribution in [0.25, 0.3) is 0 Å². The number of nitrogens with two attached hydrogens (primary N) is 1. The molecule has 0 fully saturated rings. The Morgan fingerprint density at radius 2 is 1.87 bits per heavy atom. The predicted molar refractivity (Wildman–Crippen MR) is 63.6 cm³/mol. The molecule has 15 heavy (non-hydrogen) atoms. The van der Waals surface area contributed by atoms with Crippen LogP contribution < -0.4 is 11.1 Å². The summed E-state index contributed by atoms with van der Waals surface area (Å²) in [5, 5.41) is 3.17. The van der Waals surface area contributed by atoms with Gasteiger partial charge in [0, 0.05) is 18.6 Å². The third kappa shape index (κ3) is 6.47. The molecule has 0 bridgehead atoms. The van der Waals surface area contributed by atoms with E-state index < -0.39 is 0 Å². The summed E-state index contributed by atoms with van der Waals surface area (Å²) >= 11 is 0. The van der Waals surface area contributed by atoms with Crippen LogP contribution in [0.15, 0.2) is 0 Å². The normalized spacial score (nSPS) is 13.9. The minimum Gasteiger partial charge on any atom is -0.368 e. The summed E-state index contributed by atoms with van der Waals surface area (Å²) in [6, 6.07) is 0.565. The summed E-state index contributed by atoms with van der Waals surface area (Å²) in [5.74, 6) is -0.263. The minimum absolute atomic E-state index is 0.216. The maximum absolute atomic E-state index is 11.2. The van der Waals surface area contributed by atoms with Gasteiger partial charge >= 0.3 is 0 Å². The smallest absolute Gasteiger partial charge is 0.234 e. The summed E-state index contributed by atoms with van der Waals surface area (Å²) in [7, 11) is 2.05. The van der Waals surface area contributed by atoms with Gasteiger partial charge in [-0.1, -0.05) is 13.8 Å². The molecule has 0 aliphatic carbocycles. The molecule has 4 nitrogen and oxygen atoms in total. The molecule has 0 saturated carbocycles. The third-order valence-corrected chi connectivity index (χ3v) is 2.53. The summed E-state index contributed by atoms with van der Waals surface area (Å²) in [6.45, 7) is 9.18. The second kappa shape index (κ2) is 6.80. The topological polar surface area (TPSA) is 58.4 Å². The summed E-state index contributed by atoms with van der Waals surface area (Å²) in [4.78, 5) is 13.4. The van der Waals surface area contributed by atoms with Crippen LogP contribution in [-0.2, 0) is 4.79 Å². The molecule has 0 aliphatic rings. The van der Waals surface area contributed by atoms with E-state index in [0.29, 0.717) is 6.04 Å². The first-order valence-electron chi connectivity index (χ1n) is 5.60. The molecular formula is C11H25N3O. The average molecular weight is 215 g/mol. The first kappa shape index (κ1) is 14.4.